The first-order chi connectivity index (χ1) is 8.09. The largest absolute Gasteiger partial charge is 0.337 e. The van der Waals surface area contributed by atoms with Gasteiger partial charge in [-0.25, -0.2) is 0 Å². The Bertz CT molecular complexity index is 481. The second-order valence-corrected chi connectivity index (χ2v) is 4.49. The molecule has 1 amide bonds. The van der Waals surface area contributed by atoms with Crippen molar-refractivity contribution >= 4 is 5.91 Å². The zero-order chi connectivity index (χ0) is 12.4. The molecule has 0 aliphatic carbocycles. The second kappa shape index (κ2) is 4.71. The number of carbonyl (C=O) groups is 1. The lowest BCUT2D eigenvalue weighted by Gasteiger charge is -2.30. The molecule has 92 valence electrons. The van der Waals surface area contributed by atoms with Gasteiger partial charge in [-0.15, -0.1) is 0 Å². The van der Waals surface area contributed by atoms with E-state index in [1.54, 1.807) is 30.3 Å². The third-order valence-electron chi connectivity index (χ3n) is 3.10. The molecule has 1 aliphatic rings. The Labute approximate surface area is 99.8 Å². The highest BCUT2D eigenvalue weighted by molar-refractivity contribution is 5.93. The van der Waals surface area contributed by atoms with Gasteiger partial charge in [0.05, 0.1) is 0 Å². The fourth-order valence-electron chi connectivity index (χ4n) is 2.12. The molecule has 0 bridgehead atoms. The summed E-state index contributed by atoms with van der Waals surface area (Å²) in [5.74, 6) is -0.207. The molecule has 0 unspecified atom stereocenters. The Hall–Kier alpha value is -1.62. The van der Waals surface area contributed by atoms with E-state index in [0.29, 0.717) is 13.1 Å². The molecule has 5 heteroatoms. The van der Waals surface area contributed by atoms with Crippen molar-refractivity contribution in [1.29, 1.82) is 0 Å². The van der Waals surface area contributed by atoms with E-state index in [9.17, 15) is 9.59 Å². The van der Waals surface area contributed by atoms with Crippen LogP contribution in [-0.4, -0.2) is 34.5 Å². The number of carbonyl (C=O) groups excluding carboxylic acids is 1. The smallest absolute Gasteiger partial charge is 0.263 e. The van der Waals surface area contributed by atoms with E-state index in [1.807, 2.05) is 0 Å². The topological polar surface area (TPSA) is 68.3 Å². The first-order valence-corrected chi connectivity index (χ1v) is 5.80. The number of aryl methyl sites for hydroxylation is 1. The number of nitrogens with two attached hydrogens (primary N) is 1. The van der Waals surface area contributed by atoms with Crippen LogP contribution in [-0.2, 0) is 7.05 Å². The van der Waals surface area contributed by atoms with Gasteiger partial charge in [-0.3, -0.25) is 9.59 Å². The zero-order valence-electron chi connectivity index (χ0n) is 9.93. The third kappa shape index (κ3) is 2.39. The van der Waals surface area contributed by atoms with Gasteiger partial charge in [0, 0.05) is 32.4 Å². The van der Waals surface area contributed by atoms with Gasteiger partial charge in [0.1, 0.15) is 5.56 Å². The minimum atomic E-state index is -0.253. The number of pyridine rings is 1. The van der Waals surface area contributed by atoms with Gasteiger partial charge in [-0.2, -0.15) is 0 Å². The van der Waals surface area contributed by atoms with Crippen molar-refractivity contribution in [2.45, 2.75) is 18.9 Å². The number of piperidine rings is 1. The predicted octanol–water partition coefficient (Wildman–Crippen LogP) is -0.0514. The summed E-state index contributed by atoms with van der Waals surface area (Å²) in [6, 6.07) is 3.31. The monoisotopic (exact) mass is 235 g/mol. The van der Waals surface area contributed by atoms with Crippen LogP contribution in [0.15, 0.2) is 23.1 Å². The lowest BCUT2D eigenvalue weighted by Crippen LogP contribution is -2.47. The Balaban J connectivity index is 2.25. The molecule has 2 heterocycles. The molecular weight excluding hydrogens is 218 g/mol. The molecule has 1 aromatic rings. The molecule has 1 aliphatic heterocycles. The van der Waals surface area contributed by atoms with Crippen LogP contribution in [0.25, 0.3) is 0 Å². The van der Waals surface area contributed by atoms with Crippen molar-refractivity contribution in [2.24, 2.45) is 12.8 Å². The average molecular weight is 235 g/mol. The summed E-state index contributed by atoms with van der Waals surface area (Å²) in [6.45, 7) is 1.22. The van der Waals surface area contributed by atoms with Crippen molar-refractivity contribution in [3.8, 4) is 0 Å². The Morgan fingerprint density at radius 2 is 2.29 bits per heavy atom. The van der Waals surface area contributed by atoms with E-state index in [0.717, 1.165) is 12.8 Å². The van der Waals surface area contributed by atoms with E-state index in [1.165, 1.54) is 4.57 Å². The van der Waals surface area contributed by atoms with E-state index < -0.39 is 0 Å². The van der Waals surface area contributed by atoms with Gasteiger partial charge >= 0.3 is 0 Å². The summed E-state index contributed by atoms with van der Waals surface area (Å²) in [4.78, 5) is 25.7. The minimum Gasteiger partial charge on any atom is -0.337 e. The van der Waals surface area contributed by atoms with E-state index in [4.69, 9.17) is 5.73 Å². The third-order valence-corrected chi connectivity index (χ3v) is 3.10. The first-order valence-electron chi connectivity index (χ1n) is 5.80. The number of hydrogen-bond acceptors (Lipinski definition) is 3. The Morgan fingerprint density at radius 1 is 1.53 bits per heavy atom. The Morgan fingerprint density at radius 3 is 3.00 bits per heavy atom. The fourth-order valence-corrected chi connectivity index (χ4v) is 2.12. The van der Waals surface area contributed by atoms with Crippen LogP contribution < -0.4 is 11.3 Å². The van der Waals surface area contributed by atoms with Crippen molar-refractivity contribution in [1.82, 2.24) is 9.47 Å². The van der Waals surface area contributed by atoms with Gasteiger partial charge in [0.2, 0.25) is 0 Å². The Kier molecular flexibility index (Phi) is 3.28. The van der Waals surface area contributed by atoms with Crippen LogP contribution in [0.1, 0.15) is 23.2 Å². The normalized spacial score (nSPS) is 20.4. The quantitative estimate of drug-likeness (QED) is 0.742. The van der Waals surface area contributed by atoms with Crippen LogP contribution in [0, 0.1) is 0 Å². The van der Waals surface area contributed by atoms with Gasteiger partial charge < -0.3 is 15.2 Å². The summed E-state index contributed by atoms with van der Waals surface area (Å²) >= 11 is 0. The van der Waals surface area contributed by atoms with E-state index >= 15 is 0 Å². The number of likely N-dealkylation sites (tertiary alicyclic amines) is 1. The fraction of sp³-hybridized carbons (Fsp3) is 0.500. The van der Waals surface area contributed by atoms with Crippen molar-refractivity contribution in [3.05, 3.63) is 34.2 Å². The second-order valence-electron chi connectivity index (χ2n) is 4.49. The lowest BCUT2D eigenvalue weighted by atomic mass is 10.1. The van der Waals surface area contributed by atoms with Crippen LogP contribution in [0.5, 0.6) is 0 Å². The van der Waals surface area contributed by atoms with Crippen LogP contribution in [0.3, 0.4) is 0 Å². The molecule has 0 aromatic carbocycles. The van der Waals surface area contributed by atoms with Crippen molar-refractivity contribution in [2.75, 3.05) is 13.1 Å². The maximum absolute atomic E-state index is 12.2. The van der Waals surface area contributed by atoms with Crippen molar-refractivity contribution in [3.63, 3.8) is 0 Å². The molecule has 17 heavy (non-hydrogen) atoms. The van der Waals surface area contributed by atoms with Crippen molar-refractivity contribution < 1.29 is 4.79 Å². The summed E-state index contributed by atoms with van der Waals surface area (Å²) in [5.41, 5.74) is 5.80. The zero-order valence-corrected chi connectivity index (χ0v) is 9.93. The minimum absolute atomic E-state index is 0.0280. The van der Waals surface area contributed by atoms with Crippen LogP contribution in [0.2, 0.25) is 0 Å². The lowest BCUT2D eigenvalue weighted by molar-refractivity contribution is 0.0706. The number of hydrogen-bond donors (Lipinski definition) is 1. The van der Waals surface area contributed by atoms with E-state index in [-0.39, 0.29) is 23.1 Å². The van der Waals surface area contributed by atoms with Gasteiger partial charge in [0.25, 0.3) is 11.5 Å². The molecule has 1 aromatic heterocycles. The SMILES string of the molecule is Cn1cccc(C(=O)N2CCC[C@@H](N)C2)c1=O. The number of rotatable bonds is 1. The van der Waals surface area contributed by atoms with Crippen LogP contribution in [0.4, 0.5) is 0 Å². The summed E-state index contributed by atoms with van der Waals surface area (Å²) in [6.07, 6.45) is 3.48. The summed E-state index contributed by atoms with van der Waals surface area (Å²) in [7, 11) is 1.64. The highest BCUT2D eigenvalue weighted by Gasteiger charge is 2.24. The molecule has 2 rings (SSSR count). The van der Waals surface area contributed by atoms with E-state index in [2.05, 4.69) is 0 Å². The summed E-state index contributed by atoms with van der Waals surface area (Å²) in [5, 5.41) is 0. The molecule has 0 radical (unpaired) electrons. The molecule has 2 N–H and O–H groups in total. The molecule has 1 saturated heterocycles. The van der Waals surface area contributed by atoms with Crippen LogP contribution >= 0.6 is 0 Å². The highest BCUT2D eigenvalue weighted by atomic mass is 16.2. The van der Waals surface area contributed by atoms with Gasteiger partial charge in [-0.05, 0) is 25.0 Å². The molecule has 1 atom stereocenters. The highest BCUT2D eigenvalue weighted by Crippen LogP contribution is 2.10. The maximum Gasteiger partial charge on any atom is 0.263 e. The molecular formula is C12H17N3O2. The van der Waals surface area contributed by atoms with Gasteiger partial charge in [-0.1, -0.05) is 0 Å². The predicted molar refractivity (Wildman–Crippen MR) is 64.8 cm³/mol. The molecule has 0 spiro atoms. The summed E-state index contributed by atoms with van der Waals surface area (Å²) < 4.78 is 1.41. The number of amides is 1. The maximum atomic E-state index is 12.2. The molecule has 0 saturated carbocycles. The van der Waals surface area contributed by atoms with Gasteiger partial charge in [0.15, 0.2) is 0 Å². The molecule has 5 nitrogen and oxygen atoms in total. The molecule has 1 fully saturated rings. The standard InChI is InChI=1S/C12H17N3O2/c1-14-6-3-5-10(11(14)16)12(17)15-7-2-4-9(13)8-15/h3,5-6,9H,2,4,7-8,13H2,1H3/t9-/m1/s1. The number of nitrogens with zero attached hydrogens (tertiary/aromatic N) is 2. The first kappa shape index (κ1) is 11.9. The average Bonchev–Trinajstić information content (AvgIpc) is 2.32. The number of aromatic nitrogens is 1.